The molecule has 0 N–H and O–H groups in total. The minimum absolute atomic E-state index is 0.123. The third-order valence-electron chi connectivity index (χ3n) is 11.1. The molecule has 244 valence electrons. The Hall–Kier alpha value is -2.75. The number of Topliss-reactive ketones (excluding diaryl/α,β-unsaturated/α-hetero) is 1. The first-order valence-electron chi connectivity index (χ1n) is 17.6. The van der Waals surface area contributed by atoms with Crippen LogP contribution >= 0.6 is 23.2 Å². The van der Waals surface area contributed by atoms with E-state index in [-0.39, 0.29) is 11.8 Å². The summed E-state index contributed by atoms with van der Waals surface area (Å²) >= 11 is 12.5. The van der Waals surface area contributed by atoms with Crippen LogP contribution in [-0.4, -0.2) is 14.9 Å². The molecule has 0 radical (unpaired) electrons. The zero-order valence-electron chi connectivity index (χ0n) is 28.1. The van der Waals surface area contributed by atoms with Crippen molar-refractivity contribution < 1.29 is 4.79 Å². The normalized spacial score (nSPS) is 17.7. The zero-order valence-corrected chi connectivity index (χ0v) is 29.6. The number of hydrogen-bond donors (Lipinski definition) is 0. The summed E-state index contributed by atoms with van der Waals surface area (Å²) in [5.74, 6) is 1.37. The van der Waals surface area contributed by atoms with E-state index >= 15 is 4.79 Å². The van der Waals surface area contributed by atoms with Crippen molar-refractivity contribution in [1.29, 1.82) is 0 Å². The van der Waals surface area contributed by atoms with E-state index in [4.69, 9.17) is 23.2 Å². The van der Waals surface area contributed by atoms with Gasteiger partial charge in [-0.2, -0.15) is 0 Å². The number of aryl methyl sites for hydroxylation is 2. The van der Waals surface area contributed by atoms with Gasteiger partial charge in [-0.15, -0.1) is 0 Å². The van der Waals surface area contributed by atoms with E-state index in [0.29, 0.717) is 17.6 Å². The molecule has 2 aromatic carbocycles. The molecule has 6 rings (SSSR count). The fourth-order valence-corrected chi connectivity index (χ4v) is 9.06. The Kier molecular flexibility index (Phi) is 10.5. The smallest absolute Gasteiger partial charge is 0.147 e. The molecular weight excluding hydrogens is 607 g/mol. The van der Waals surface area contributed by atoms with Gasteiger partial charge in [0.1, 0.15) is 5.78 Å². The molecule has 2 fully saturated rings. The molecule has 2 saturated carbocycles. The number of hydrogen-bond acceptors (Lipinski definition) is 1. The van der Waals surface area contributed by atoms with E-state index < -0.39 is 0 Å². The molecule has 4 aromatic rings. The predicted molar refractivity (Wildman–Crippen MR) is 193 cm³/mol. The lowest BCUT2D eigenvalue weighted by Gasteiger charge is -2.31. The van der Waals surface area contributed by atoms with Gasteiger partial charge in [-0.1, -0.05) is 87.4 Å². The summed E-state index contributed by atoms with van der Waals surface area (Å²) < 4.78 is 4.63. The van der Waals surface area contributed by atoms with Crippen LogP contribution in [0.5, 0.6) is 0 Å². The van der Waals surface area contributed by atoms with Gasteiger partial charge in [-0.05, 0) is 124 Å². The fourth-order valence-electron chi connectivity index (χ4n) is 8.80. The molecule has 2 unspecified atom stereocenters. The molecule has 2 atom stereocenters. The Labute approximate surface area is 286 Å². The van der Waals surface area contributed by atoms with E-state index in [2.05, 4.69) is 73.2 Å². The summed E-state index contributed by atoms with van der Waals surface area (Å²) in [6, 6.07) is 20.8. The third kappa shape index (κ3) is 7.07. The summed E-state index contributed by atoms with van der Waals surface area (Å²) in [6.45, 7) is 8.76. The second-order valence-corrected chi connectivity index (χ2v) is 15.1. The van der Waals surface area contributed by atoms with E-state index in [1.54, 1.807) is 0 Å². The molecule has 46 heavy (non-hydrogen) atoms. The molecule has 2 aromatic heterocycles. The van der Waals surface area contributed by atoms with Gasteiger partial charge in [0.05, 0.1) is 0 Å². The number of benzene rings is 2. The maximum Gasteiger partial charge on any atom is 0.147 e. The number of carbonyl (C=O) groups excluding carboxylic acids is 1. The molecular formula is C41H50Cl2N2O. The van der Waals surface area contributed by atoms with Crippen molar-refractivity contribution in [3.8, 4) is 11.4 Å². The largest absolute Gasteiger partial charge is 0.318 e. The summed E-state index contributed by atoms with van der Waals surface area (Å²) in [6.07, 6.45) is 14.6. The van der Waals surface area contributed by atoms with Crippen LogP contribution in [0.25, 0.3) is 11.4 Å². The van der Waals surface area contributed by atoms with Gasteiger partial charge in [-0.25, -0.2) is 0 Å². The van der Waals surface area contributed by atoms with Crippen LogP contribution in [-0.2, 0) is 4.79 Å². The molecule has 2 aliphatic rings. The van der Waals surface area contributed by atoms with Gasteiger partial charge in [0.2, 0.25) is 0 Å². The summed E-state index contributed by atoms with van der Waals surface area (Å²) in [5, 5.41) is 1.47. The van der Waals surface area contributed by atoms with Crippen molar-refractivity contribution in [3.05, 3.63) is 105 Å². The Morgan fingerprint density at radius 2 is 0.957 bits per heavy atom. The van der Waals surface area contributed by atoms with Gasteiger partial charge < -0.3 is 9.13 Å². The second kappa shape index (κ2) is 14.6. The average Bonchev–Trinajstić information content (AvgIpc) is 3.53. The quantitative estimate of drug-likeness (QED) is 0.167. The first-order valence-corrected chi connectivity index (χ1v) is 18.4. The second-order valence-electron chi connectivity index (χ2n) is 14.3. The highest BCUT2D eigenvalue weighted by molar-refractivity contribution is 6.30. The Bertz CT molecular complexity index is 1510. The number of carbonyl (C=O) groups is 1. The Morgan fingerprint density at radius 1 is 0.609 bits per heavy atom. The highest BCUT2D eigenvalue weighted by atomic mass is 35.5. The SMILES string of the molecule is Cc1cc(C(CC2CCCCC2)C(=O)C(CC2CCCCC2)c2cc(C)n(-c3ccc(Cl)cc3)c2C)c(C)n1-c1ccc(Cl)cc1. The molecule has 0 bridgehead atoms. The van der Waals surface area contributed by atoms with Crippen molar-refractivity contribution in [2.45, 2.75) is 117 Å². The first-order chi connectivity index (χ1) is 22.2. The zero-order chi connectivity index (χ0) is 32.4. The lowest BCUT2D eigenvalue weighted by Crippen LogP contribution is -2.27. The monoisotopic (exact) mass is 656 g/mol. The van der Waals surface area contributed by atoms with Crippen LogP contribution in [0, 0.1) is 39.5 Å². The summed E-state index contributed by atoms with van der Waals surface area (Å²) in [7, 11) is 0. The molecule has 2 aliphatic carbocycles. The van der Waals surface area contributed by atoms with Gasteiger partial charge in [0.15, 0.2) is 0 Å². The topological polar surface area (TPSA) is 26.9 Å². The highest BCUT2D eigenvalue weighted by Gasteiger charge is 2.37. The fraction of sp³-hybridized carbons (Fsp3) is 0.488. The minimum atomic E-state index is -0.123. The molecule has 5 heteroatoms. The minimum Gasteiger partial charge on any atom is -0.318 e. The number of rotatable bonds is 10. The Balaban J connectivity index is 1.44. The maximum atomic E-state index is 15.4. The number of nitrogens with zero attached hydrogens (tertiary/aromatic N) is 2. The van der Waals surface area contributed by atoms with E-state index in [1.807, 2.05) is 24.3 Å². The van der Waals surface area contributed by atoms with Crippen molar-refractivity contribution >= 4 is 29.0 Å². The maximum absolute atomic E-state index is 15.4. The van der Waals surface area contributed by atoms with E-state index in [9.17, 15) is 0 Å². The van der Waals surface area contributed by atoms with Crippen LogP contribution in [0.2, 0.25) is 10.0 Å². The number of ketones is 1. The van der Waals surface area contributed by atoms with Crippen LogP contribution in [0.1, 0.15) is 123 Å². The van der Waals surface area contributed by atoms with Crippen LogP contribution < -0.4 is 0 Å². The summed E-state index contributed by atoms with van der Waals surface area (Å²) in [4.78, 5) is 15.4. The lowest BCUT2D eigenvalue weighted by atomic mass is 9.72. The first kappa shape index (κ1) is 33.2. The highest BCUT2D eigenvalue weighted by Crippen LogP contribution is 2.43. The van der Waals surface area contributed by atoms with Crippen molar-refractivity contribution in [2.24, 2.45) is 11.8 Å². The van der Waals surface area contributed by atoms with Crippen molar-refractivity contribution in [2.75, 3.05) is 0 Å². The van der Waals surface area contributed by atoms with Gasteiger partial charge in [-0.3, -0.25) is 4.79 Å². The van der Waals surface area contributed by atoms with Crippen molar-refractivity contribution in [1.82, 2.24) is 9.13 Å². The molecule has 0 saturated heterocycles. The van der Waals surface area contributed by atoms with Crippen LogP contribution in [0.4, 0.5) is 0 Å². The van der Waals surface area contributed by atoms with E-state index in [0.717, 1.165) is 34.3 Å². The lowest BCUT2D eigenvalue weighted by molar-refractivity contribution is -0.123. The standard InChI is InChI=1S/C41H50Cl2N2O/c1-27-23-37(29(3)44(27)35-19-15-33(42)16-20-35)39(25-31-11-7-5-8-12-31)41(46)40(26-32-13-9-6-10-14-32)38-24-28(2)45(30(38)4)36-21-17-34(43)18-22-36/h15-24,31-32,39-40H,5-14,25-26H2,1-4H3. The molecule has 0 aliphatic heterocycles. The van der Waals surface area contributed by atoms with Gasteiger partial charge in [0, 0.05) is 56.0 Å². The van der Waals surface area contributed by atoms with E-state index in [1.165, 1.54) is 98.1 Å². The predicted octanol–water partition coefficient (Wildman–Crippen LogP) is 12.2. The van der Waals surface area contributed by atoms with Crippen LogP contribution in [0.15, 0.2) is 60.7 Å². The molecule has 3 nitrogen and oxygen atoms in total. The average molecular weight is 658 g/mol. The molecule has 2 heterocycles. The van der Waals surface area contributed by atoms with Gasteiger partial charge in [0.25, 0.3) is 0 Å². The Morgan fingerprint density at radius 3 is 1.30 bits per heavy atom. The van der Waals surface area contributed by atoms with Crippen LogP contribution in [0.3, 0.4) is 0 Å². The summed E-state index contributed by atoms with van der Waals surface area (Å²) in [5.41, 5.74) is 9.31. The number of halogens is 2. The van der Waals surface area contributed by atoms with Crippen molar-refractivity contribution in [3.63, 3.8) is 0 Å². The molecule has 0 amide bonds. The molecule has 0 spiro atoms. The van der Waals surface area contributed by atoms with Gasteiger partial charge >= 0.3 is 0 Å². The number of aromatic nitrogens is 2. The third-order valence-corrected chi connectivity index (χ3v) is 11.6.